The molecule has 2 aromatic heterocycles. The zero-order valence-corrected chi connectivity index (χ0v) is 19.8. The summed E-state index contributed by atoms with van der Waals surface area (Å²) < 4.78 is 12.8. The van der Waals surface area contributed by atoms with Crippen molar-refractivity contribution >= 4 is 51.1 Å². The summed E-state index contributed by atoms with van der Waals surface area (Å²) in [6.45, 7) is 3.63. The van der Waals surface area contributed by atoms with Crippen LogP contribution in [0.3, 0.4) is 0 Å². The summed E-state index contributed by atoms with van der Waals surface area (Å²) in [5, 5.41) is 17.3. The van der Waals surface area contributed by atoms with E-state index >= 15 is 0 Å². The van der Waals surface area contributed by atoms with Gasteiger partial charge in [-0.1, -0.05) is 41.5 Å². The van der Waals surface area contributed by atoms with Crippen LogP contribution in [0.5, 0.6) is 11.5 Å². The van der Waals surface area contributed by atoms with Crippen LogP contribution in [0, 0.1) is 0 Å². The molecule has 32 heavy (non-hydrogen) atoms. The number of nitrogens with one attached hydrogen (secondary N) is 1. The highest BCUT2D eigenvalue weighted by molar-refractivity contribution is 7.19. The molecule has 0 bridgehead atoms. The summed E-state index contributed by atoms with van der Waals surface area (Å²) >= 11 is 13.5. The van der Waals surface area contributed by atoms with Crippen molar-refractivity contribution in [2.45, 2.75) is 26.4 Å². The Kier molecular flexibility index (Phi) is 6.50. The fourth-order valence-corrected chi connectivity index (χ4v) is 4.29. The number of aryl methyl sites for hydroxylation is 1. The van der Waals surface area contributed by atoms with Gasteiger partial charge in [0.05, 0.1) is 17.8 Å². The minimum atomic E-state index is -0.816. The lowest BCUT2D eigenvalue weighted by Gasteiger charge is -2.17. The minimum absolute atomic E-state index is 0.325. The number of hydrogen-bond acceptors (Lipinski definition) is 7. The van der Waals surface area contributed by atoms with E-state index in [0.29, 0.717) is 32.2 Å². The summed E-state index contributed by atoms with van der Waals surface area (Å²) in [6, 6.07) is 10.3. The second-order valence-electron chi connectivity index (χ2n) is 6.81. The van der Waals surface area contributed by atoms with E-state index in [1.165, 1.54) is 18.4 Å². The Hall–Kier alpha value is -2.88. The Bertz CT molecular complexity index is 1290. The monoisotopic (exact) mass is 491 g/mol. The van der Waals surface area contributed by atoms with Crippen molar-refractivity contribution < 1.29 is 14.3 Å². The van der Waals surface area contributed by atoms with Gasteiger partial charge < -0.3 is 14.8 Å². The third kappa shape index (κ3) is 4.50. The third-order valence-electron chi connectivity index (χ3n) is 4.64. The van der Waals surface area contributed by atoms with Gasteiger partial charge in [-0.3, -0.25) is 4.79 Å². The van der Waals surface area contributed by atoms with Crippen molar-refractivity contribution in [3.05, 3.63) is 52.3 Å². The molecule has 4 rings (SSSR count). The fraction of sp³-hybridized carbons (Fsp3) is 0.238. The molecule has 166 valence electrons. The summed E-state index contributed by atoms with van der Waals surface area (Å²) in [6.07, 6.45) is -0.0903. The number of carbonyl (C=O) groups excluding carboxylic acids is 1. The zero-order valence-electron chi connectivity index (χ0n) is 17.4. The van der Waals surface area contributed by atoms with Gasteiger partial charge >= 0.3 is 0 Å². The second kappa shape index (κ2) is 9.32. The molecular weight excluding hydrogens is 473 g/mol. The highest BCUT2D eigenvalue weighted by atomic mass is 35.5. The minimum Gasteiger partial charge on any atom is -0.495 e. The molecule has 0 aliphatic carbocycles. The van der Waals surface area contributed by atoms with Crippen LogP contribution in [-0.4, -0.2) is 38.9 Å². The Morgan fingerprint density at radius 3 is 2.69 bits per heavy atom. The molecule has 0 saturated carbocycles. The number of ether oxygens (including phenoxy) is 2. The Morgan fingerprint density at radius 2 is 1.97 bits per heavy atom. The van der Waals surface area contributed by atoms with Crippen molar-refractivity contribution in [3.63, 3.8) is 0 Å². The molecular formula is C21H19Cl2N5O3S. The van der Waals surface area contributed by atoms with E-state index in [0.717, 1.165) is 22.8 Å². The maximum Gasteiger partial charge on any atom is 0.265 e. The van der Waals surface area contributed by atoms with Gasteiger partial charge in [0.15, 0.2) is 11.9 Å². The van der Waals surface area contributed by atoms with Crippen LogP contribution in [0.1, 0.15) is 19.7 Å². The summed E-state index contributed by atoms with van der Waals surface area (Å²) in [5.74, 6) is 1.30. The number of methoxy groups -OCH3 is 1. The van der Waals surface area contributed by atoms with Gasteiger partial charge in [0.2, 0.25) is 4.96 Å². The summed E-state index contributed by atoms with van der Waals surface area (Å²) in [7, 11) is 1.54. The van der Waals surface area contributed by atoms with E-state index in [1.54, 1.807) is 41.8 Å². The topological polar surface area (TPSA) is 90.6 Å². The average Bonchev–Trinajstić information content (AvgIpc) is 3.36. The molecule has 1 N–H and O–H groups in total. The Morgan fingerprint density at radius 1 is 1.19 bits per heavy atom. The van der Waals surface area contributed by atoms with E-state index < -0.39 is 6.10 Å². The standard InChI is InChI=1S/C21H19Cl2N5O3S/c1-4-18-25-26-21-28(18)27-20(32-21)12-5-7-17(30-3)15(9-12)24-19(29)11(2)31-16-8-6-13(22)10-14(16)23/h5-11H,4H2,1-3H3,(H,24,29)/t11-/m1/s1. The zero-order chi connectivity index (χ0) is 22.8. The molecule has 1 atom stereocenters. The van der Waals surface area contributed by atoms with Crippen LogP contribution in [0.4, 0.5) is 5.69 Å². The fourth-order valence-electron chi connectivity index (χ4n) is 2.98. The molecule has 0 unspecified atom stereocenters. The van der Waals surface area contributed by atoms with Crippen LogP contribution in [0.2, 0.25) is 10.0 Å². The Balaban J connectivity index is 1.56. The molecule has 8 nitrogen and oxygen atoms in total. The third-order valence-corrected chi connectivity index (χ3v) is 6.12. The lowest BCUT2D eigenvalue weighted by atomic mass is 10.2. The SMILES string of the molecule is CCc1nnc2sc(-c3ccc(OC)c(NC(=O)[C@@H](C)Oc4ccc(Cl)cc4Cl)c3)nn12. The molecule has 0 radical (unpaired) electrons. The summed E-state index contributed by atoms with van der Waals surface area (Å²) in [4.78, 5) is 13.5. The highest BCUT2D eigenvalue weighted by Gasteiger charge is 2.20. The lowest BCUT2D eigenvalue weighted by Crippen LogP contribution is -2.30. The molecule has 0 aliphatic rings. The smallest absolute Gasteiger partial charge is 0.265 e. The van der Waals surface area contributed by atoms with E-state index in [1.807, 2.05) is 13.0 Å². The Labute approximate surface area is 198 Å². The summed E-state index contributed by atoms with van der Waals surface area (Å²) in [5.41, 5.74) is 1.31. The van der Waals surface area contributed by atoms with Crippen LogP contribution in [-0.2, 0) is 11.2 Å². The van der Waals surface area contributed by atoms with Gasteiger partial charge in [-0.05, 0) is 43.3 Å². The number of anilines is 1. The van der Waals surface area contributed by atoms with Crippen molar-refractivity contribution in [1.82, 2.24) is 19.8 Å². The predicted octanol–water partition coefficient (Wildman–Crippen LogP) is 5.14. The van der Waals surface area contributed by atoms with Crippen molar-refractivity contribution in [1.29, 1.82) is 0 Å². The van der Waals surface area contributed by atoms with Crippen molar-refractivity contribution in [3.8, 4) is 22.1 Å². The van der Waals surface area contributed by atoms with Crippen molar-refractivity contribution in [2.24, 2.45) is 0 Å². The number of aromatic nitrogens is 4. The van der Waals surface area contributed by atoms with Gasteiger partial charge in [0.1, 0.15) is 16.5 Å². The molecule has 2 heterocycles. The van der Waals surface area contributed by atoms with Gasteiger partial charge in [-0.2, -0.15) is 9.61 Å². The van der Waals surface area contributed by atoms with Crippen LogP contribution in [0.25, 0.3) is 15.5 Å². The predicted molar refractivity (Wildman–Crippen MR) is 125 cm³/mol. The van der Waals surface area contributed by atoms with E-state index in [4.69, 9.17) is 32.7 Å². The van der Waals surface area contributed by atoms with Crippen molar-refractivity contribution in [2.75, 3.05) is 12.4 Å². The molecule has 2 aromatic carbocycles. The number of benzene rings is 2. The van der Waals surface area contributed by atoms with Crippen LogP contribution < -0.4 is 14.8 Å². The highest BCUT2D eigenvalue weighted by Crippen LogP contribution is 2.33. The van der Waals surface area contributed by atoms with E-state index in [2.05, 4.69) is 20.6 Å². The maximum absolute atomic E-state index is 12.8. The first kappa shape index (κ1) is 22.3. The van der Waals surface area contributed by atoms with E-state index in [9.17, 15) is 4.79 Å². The van der Waals surface area contributed by atoms with Gasteiger partial charge in [0, 0.05) is 17.0 Å². The van der Waals surface area contributed by atoms with Crippen LogP contribution in [0.15, 0.2) is 36.4 Å². The first-order chi connectivity index (χ1) is 15.4. The molecule has 11 heteroatoms. The lowest BCUT2D eigenvalue weighted by molar-refractivity contribution is -0.122. The molecule has 4 aromatic rings. The number of nitrogens with zero attached hydrogens (tertiary/aromatic N) is 4. The molecule has 0 saturated heterocycles. The maximum atomic E-state index is 12.8. The molecule has 0 spiro atoms. The number of rotatable bonds is 7. The normalized spacial score (nSPS) is 12.0. The average molecular weight is 492 g/mol. The molecule has 1 amide bonds. The molecule has 0 aliphatic heterocycles. The van der Waals surface area contributed by atoms with Gasteiger partial charge in [0.25, 0.3) is 5.91 Å². The number of halogens is 2. The van der Waals surface area contributed by atoms with Gasteiger partial charge in [-0.15, -0.1) is 10.2 Å². The van der Waals surface area contributed by atoms with Gasteiger partial charge in [-0.25, -0.2) is 0 Å². The van der Waals surface area contributed by atoms with E-state index in [-0.39, 0.29) is 5.91 Å². The quantitative estimate of drug-likeness (QED) is 0.385. The number of amides is 1. The first-order valence-corrected chi connectivity index (χ1v) is 11.3. The second-order valence-corrected chi connectivity index (χ2v) is 8.61. The molecule has 0 fully saturated rings. The number of fused-ring (bicyclic) bond motifs is 1. The number of carbonyl (C=O) groups is 1. The van der Waals surface area contributed by atoms with Crippen LogP contribution >= 0.6 is 34.5 Å². The first-order valence-electron chi connectivity index (χ1n) is 9.71. The number of hydrogen-bond donors (Lipinski definition) is 1. The largest absolute Gasteiger partial charge is 0.495 e.